The second kappa shape index (κ2) is 6.60. The monoisotopic (exact) mass is 235 g/mol. The summed E-state index contributed by atoms with van der Waals surface area (Å²) < 4.78 is 15.8. The van der Waals surface area contributed by atoms with Crippen molar-refractivity contribution < 1.29 is 13.3 Å². The molecule has 15 heavy (non-hydrogen) atoms. The van der Waals surface area contributed by atoms with E-state index in [2.05, 4.69) is 25.8 Å². The molecule has 0 radical (unpaired) electrons. The Balaban J connectivity index is 3.82. The molecule has 0 aliphatic rings. The first kappa shape index (κ1) is 15.1. The number of rotatable bonds is 7. The van der Waals surface area contributed by atoms with Crippen molar-refractivity contribution in [3.8, 4) is 0 Å². The summed E-state index contributed by atoms with van der Waals surface area (Å²) in [5.74, 6) is 0. The van der Waals surface area contributed by atoms with Crippen LogP contribution in [0.5, 0.6) is 0 Å². The molecule has 0 heterocycles. The Morgan fingerprint density at radius 3 is 1.80 bits per heavy atom. The molecule has 0 aromatic rings. The highest BCUT2D eigenvalue weighted by atomic mass is 28.4. The fraction of sp³-hybridized carbons (Fsp3) is 1.00. The molecule has 0 fully saturated rings. The molecule has 4 nitrogen and oxygen atoms in total. The van der Waals surface area contributed by atoms with Gasteiger partial charge in [0.1, 0.15) is 0 Å². The van der Waals surface area contributed by atoms with Crippen LogP contribution in [0.1, 0.15) is 33.6 Å². The molecule has 1 N–H and O–H groups in total. The Morgan fingerprint density at radius 1 is 1.00 bits per heavy atom. The van der Waals surface area contributed by atoms with E-state index in [4.69, 9.17) is 13.3 Å². The third-order valence-electron chi connectivity index (χ3n) is 2.25. The lowest BCUT2D eigenvalue weighted by atomic mass is 9.91. The summed E-state index contributed by atoms with van der Waals surface area (Å²) in [6, 6.07) is 0. The van der Waals surface area contributed by atoms with Crippen LogP contribution in [0.15, 0.2) is 0 Å². The fourth-order valence-corrected chi connectivity index (χ4v) is 2.74. The Labute approximate surface area is 94.7 Å². The summed E-state index contributed by atoms with van der Waals surface area (Å²) in [5, 5.41) is 0. The van der Waals surface area contributed by atoms with Gasteiger partial charge in [-0.2, -0.15) is 0 Å². The van der Waals surface area contributed by atoms with Crippen LogP contribution in [-0.4, -0.2) is 36.8 Å². The van der Waals surface area contributed by atoms with E-state index in [0.29, 0.717) is 5.41 Å². The van der Waals surface area contributed by atoms with Crippen molar-refractivity contribution in [1.29, 1.82) is 0 Å². The van der Waals surface area contributed by atoms with Crippen molar-refractivity contribution in [2.75, 3.05) is 27.9 Å². The molecule has 0 saturated carbocycles. The van der Waals surface area contributed by atoms with E-state index in [1.807, 2.05) is 0 Å². The Bertz CT molecular complexity index is 158. The lowest BCUT2D eigenvalue weighted by molar-refractivity contribution is 0.110. The van der Waals surface area contributed by atoms with Crippen molar-refractivity contribution in [2.45, 2.75) is 33.6 Å². The molecule has 0 aromatic carbocycles. The molecular weight excluding hydrogens is 210 g/mol. The smallest absolute Gasteiger partial charge is 0.364 e. The molecule has 0 aromatic heterocycles. The highest BCUT2D eigenvalue weighted by molar-refractivity contribution is 6.57. The first-order valence-electron chi connectivity index (χ1n) is 5.29. The zero-order chi connectivity index (χ0) is 11.9. The van der Waals surface area contributed by atoms with Crippen LogP contribution >= 0.6 is 0 Å². The minimum Gasteiger partial charge on any atom is -0.364 e. The quantitative estimate of drug-likeness (QED) is 0.539. The van der Waals surface area contributed by atoms with Crippen LogP contribution in [0, 0.1) is 5.41 Å². The van der Waals surface area contributed by atoms with Gasteiger partial charge in [0.2, 0.25) is 0 Å². The molecule has 0 amide bonds. The number of nitrogens with one attached hydrogen (secondary N) is 1. The SMILES string of the molecule is CO[Si](NCCCC(C)(C)C)(OC)OC. The van der Waals surface area contributed by atoms with Crippen LogP contribution in [0.4, 0.5) is 0 Å². The Morgan fingerprint density at radius 2 is 1.47 bits per heavy atom. The summed E-state index contributed by atoms with van der Waals surface area (Å²) in [4.78, 5) is 3.23. The van der Waals surface area contributed by atoms with Crippen LogP contribution in [-0.2, 0) is 13.3 Å². The zero-order valence-electron chi connectivity index (χ0n) is 10.8. The Kier molecular flexibility index (Phi) is 6.62. The molecule has 0 rings (SSSR count). The second-order valence-electron chi connectivity index (χ2n) is 4.76. The van der Waals surface area contributed by atoms with E-state index in [0.717, 1.165) is 13.0 Å². The van der Waals surface area contributed by atoms with Gasteiger partial charge >= 0.3 is 8.97 Å². The average molecular weight is 235 g/mol. The summed E-state index contributed by atoms with van der Waals surface area (Å²) in [5.41, 5.74) is 0.374. The predicted octanol–water partition coefficient (Wildman–Crippen LogP) is 1.78. The first-order chi connectivity index (χ1) is 6.89. The van der Waals surface area contributed by atoms with Gasteiger partial charge in [-0.3, -0.25) is 4.98 Å². The zero-order valence-corrected chi connectivity index (χ0v) is 11.8. The lowest BCUT2D eigenvalue weighted by Gasteiger charge is -2.25. The van der Waals surface area contributed by atoms with E-state index in [1.54, 1.807) is 21.3 Å². The van der Waals surface area contributed by atoms with Crippen LogP contribution < -0.4 is 4.98 Å². The number of hydrogen-bond acceptors (Lipinski definition) is 4. The van der Waals surface area contributed by atoms with E-state index >= 15 is 0 Å². The van der Waals surface area contributed by atoms with E-state index in [1.165, 1.54) is 6.42 Å². The van der Waals surface area contributed by atoms with Gasteiger partial charge in [0, 0.05) is 21.3 Å². The van der Waals surface area contributed by atoms with Crippen LogP contribution in [0.25, 0.3) is 0 Å². The topological polar surface area (TPSA) is 39.7 Å². The lowest BCUT2D eigenvalue weighted by Crippen LogP contribution is -2.57. The second-order valence-corrected chi connectivity index (χ2v) is 7.45. The van der Waals surface area contributed by atoms with Gasteiger partial charge in [0.15, 0.2) is 0 Å². The van der Waals surface area contributed by atoms with Gasteiger partial charge in [0.05, 0.1) is 0 Å². The van der Waals surface area contributed by atoms with E-state index in [-0.39, 0.29) is 0 Å². The molecule has 92 valence electrons. The highest BCUT2D eigenvalue weighted by Crippen LogP contribution is 2.20. The molecule has 0 saturated heterocycles. The van der Waals surface area contributed by atoms with Crippen LogP contribution in [0.2, 0.25) is 0 Å². The summed E-state index contributed by atoms with van der Waals surface area (Å²) in [6.07, 6.45) is 2.26. The molecule has 0 aliphatic carbocycles. The van der Waals surface area contributed by atoms with Gasteiger partial charge < -0.3 is 13.3 Å². The van der Waals surface area contributed by atoms with Crippen molar-refractivity contribution >= 4 is 8.97 Å². The molecule has 5 heteroatoms. The standard InChI is InChI=1S/C10H25NO3Si/c1-10(2,3)8-7-9-11-15(12-4,13-5)14-6/h11H,7-9H2,1-6H3. The minimum atomic E-state index is -2.56. The first-order valence-corrected chi connectivity index (χ1v) is 7.02. The van der Waals surface area contributed by atoms with E-state index in [9.17, 15) is 0 Å². The van der Waals surface area contributed by atoms with Crippen molar-refractivity contribution in [1.82, 2.24) is 4.98 Å². The average Bonchev–Trinajstić information content (AvgIpc) is 2.18. The van der Waals surface area contributed by atoms with Gasteiger partial charge in [-0.1, -0.05) is 20.8 Å². The molecule has 0 unspecified atom stereocenters. The molecule has 0 atom stereocenters. The van der Waals surface area contributed by atoms with Crippen LogP contribution in [0.3, 0.4) is 0 Å². The van der Waals surface area contributed by atoms with Crippen molar-refractivity contribution in [3.63, 3.8) is 0 Å². The summed E-state index contributed by atoms with van der Waals surface area (Å²) in [6.45, 7) is 7.57. The molecule has 0 spiro atoms. The maximum atomic E-state index is 5.25. The van der Waals surface area contributed by atoms with Gasteiger partial charge in [-0.25, -0.2) is 0 Å². The van der Waals surface area contributed by atoms with Crippen molar-refractivity contribution in [3.05, 3.63) is 0 Å². The third-order valence-corrected chi connectivity index (χ3v) is 4.55. The predicted molar refractivity (Wildman–Crippen MR) is 63.5 cm³/mol. The fourth-order valence-electron chi connectivity index (χ4n) is 1.33. The third kappa shape index (κ3) is 6.27. The minimum absolute atomic E-state index is 0.374. The maximum Gasteiger partial charge on any atom is 0.595 e. The number of hydrogen-bond donors (Lipinski definition) is 1. The van der Waals surface area contributed by atoms with Gasteiger partial charge in [0.25, 0.3) is 0 Å². The maximum absolute atomic E-state index is 5.25. The summed E-state index contributed by atoms with van der Waals surface area (Å²) in [7, 11) is 2.26. The van der Waals surface area contributed by atoms with Gasteiger partial charge in [-0.05, 0) is 24.8 Å². The highest BCUT2D eigenvalue weighted by Gasteiger charge is 2.38. The summed E-state index contributed by atoms with van der Waals surface area (Å²) >= 11 is 0. The molecular formula is C10H25NO3Si. The largest absolute Gasteiger partial charge is 0.595 e. The van der Waals surface area contributed by atoms with Crippen molar-refractivity contribution in [2.24, 2.45) is 5.41 Å². The molecule has 0 aliphatic heterocycles. The van der Waals surface area contributed by atoms with E-state index < -0.39 is 8.97 Å². The Hall–Kier alpha value is 0.0569. The normalized spacial score (nSPS) is 13.2. The molecule has 0 bridgehead atoms. The van der Waals surface area contributed by atoms with Gasteiger partial charge in [-0.15, -0.1) is 0 Å².